The van der Waals surface area contributed by atoms with Crippen LogP contribution in [0.25, 0.3) is 0 Å². The lowest BCUT2D eigenvalue weighted by molar-refractivity contribution is -0.149. The summed E-state index contributed by atoms with van der Waals surface area (Å²) in [6.07, 6.45) is 21.3. The van der Waals surface area contributed by atoms with E-state index >= 15 is 0 Å². The average Bonchev–Trinajstić information content (AvgIpc) is 3.61. The Morgan fingerprint density at radius 3 is 2.79 bits per heavy atom. The summed E-state index contributed by atoms with van der Waals surface area (Å²) < 4.78 is 5.77. The van der Waals surface area contributed by atoms with E-state index in [1.54, 1.807) is 5.56 Å². The summed E-state index contributed by atoms with van der Waals surface area (Å²) in [6, 6.07) is 17.8. The molecule has 5 unspecified atom stereocenters. The quantitative estimate of drug-likeness (QED) is 0.302. The first-order valence-corrected chi connectivity index (χ1v) is 18.0. The van der Waals surface area contributed by atoms with Crippen molar-refractivity contribution in [2.75, 3.05) is 31.1 Å². The van der Waals surface area contributed by atoms with Crippen LogP contribution in [0.15, 0.2) is 118 Å². The van der Waals surface area contributed by atoms with E-state index in [0.717, 1.165) is 43.8 Å². The maximum Gasteiger partial charge on any atom is 0.309 e. The van der Waals surface area contributed by atoms with Crippen LogP contribution in [0.3, 0.4) is 0 Å². The number of benzene rings is 2. The van der Waals surface area contributed by atoms with E-state index in [4.69, 9.17) is 9.73 Å². The molecule has 0 N–H and O–H groups in total. The molecule has 1 saturated heterocycles. The molecule has 0 aromatic heterocycles. The van der Waals surface area contributed by atoms with Crippen LogP contribution in [-0.4, -0.2) is 60.6 Å². The van der Waals surface area contributed by atoms with Gasteiger partial charge in [-0.05, 0) is 104 Å². The Morgan fingerprint density at radius 2 is 1.94 bits per heavy atom. The predicted octanol–water partition coefficient (Wildman–Crippen LogP) is 7.86. The Morgan fingerprint density at radius 1 is 1.04 bits per heavy atom. The first kappa shape index (κ1) is 31.0. The van der Waals surface area contributed by atoms with Gasteiger partial charge in [-0.25, -0.2) is 0 Å². The van der Waals surface area contributed by atoms with Gasteiger partial charge >= 0.3 is 5.97 Å². The highest BCUT2D eigenvalue weighted by Gasteiger charge is 2.47. The maximum atomic E-state index is 13.3. The zero-order valence-electron chi connectivity index (χ0n) is 28.2. The van der Waals surface area contributed by atoms with Crippen molar-refractivity contribution in [1.29, 1.82) is 0 Å². The molecule has 2 aromatic carbocycles. The highest BCUT2D eigenvalue weighted by atomic mass is 16.5. The van der Waals surface area contributed by atoms with Gasteiger partial charge in [-0.15, -0.1) is 0 Å². The molecular weight excluding hydrogens is 592 g/mol. The number of ether oxygens (including phenoxy) is 1. The van der Waals surface area contributed by atoms with Gasteiger partial charge in [0, 0.05) is 54.8 Å². The van der Waals surface area contributed by atoms with E-state index in [1.807, 2.05) is 42.7 Å². The highest BCUT2D eigenvalue weighted by molar-refractivity contribution is 6.07. The van der Waals surface area contributed by atoms with Gasteiger partial charge in [0.25, 0.3) is 0 Å². The zero-order valence-corrected chi connectivity index (χ0v) is 28.2. The second kappa shape index (κ2) is 13.0. The molecule has 2 aromatic rings. The van der Waals surface area contributed by atoms with Gasteiger partial charge in [0.05, 0.1) is 5.92 Å². The number of likely N-dealkylation sites (tertiary alicyclic amines) is 1. The number of anilines is 1. The van der Waals surface area contributed by atoms with Crippen molar-refractivity contribution in [3.63, 3.8) is 0 Å². The number of carbonyl (C=O) groups excluding carboxylic acids is 1. The molecule has 2 aliphatic carbocycles. The molecule has 4 heterocycles. The SMILES string of the molecule is CCN1CCC2c3cc(C4C=C5C=CC=CC56N=C5CCC(C(=O)OCc7ccccc7)C/C=N/C=C\C5=C6C4)ccc3N(CC)C2C1. The van der Waals surface area contributed by atoms with Gasteiger partial charge in [-0.2, -0.15) is 0 Å². The van der Waals surface area contributed by atoms with Crippen molar-refractivity contribution in [1.82, 2.24) is 4.90 Å². The number of esters is 1. The molecule has 6 heteroatoms. The fourth-order valence-electron chi connectivity index (χ4n) is 8.98. The summed E-state index contributed by atoms with van der Waals surface area (Å²) >= 11 is 0. The zero-order chi connectivity index (χ0) is 32.7. The third-order valence-electron chi connectivity index (χ3n) is 11.5. The molecule has 8 rings (SSSR count). The molecule has 1 fully saturated rings. The molecule has 48 heavy (non-hydrogen) atoms. The number of rotatable bonds is 6. The Labute approximate surface area is 285 Å². The third kappa shape index (κ3) is 5.44. The van der Waals surface area contributed by atoms with Crippen LogP contribution in [-0.2, 0) is 16.1 Å². The lowest BCUT2D eigenvalue weighted by atomic mass is 9.69. The summed E-state index contributed by atoms with van der Waals surface area (Å²) in [5, 5.41) is 0. The van der Waals surface area contributed by atoms with Crippen molar-refractivity contribution < 1.29 is 9.53 Å². The van der Waals surface area contributed by atoms with E-state index in [2.05, 4.69) is 83.3 Å². The molecule has 246 valence electrons. The monoisotopic (exact) mass is 638 g/mol. The van der Waals surface area contributed by atoms with Crippen molar-refractivity contribution in [2.45, 2.75) is 76.0 Å². The molecule has 0 radical (unpaired) electrons. The topological polar surface area (TPSA) is 57.5 Å². The van der Waals surface area contributed by atoms with Crippen LogP contribution in [0.2, 0.25) is 0 Å². The molecular formula is C42H46N4O2. The molecule has 6 nitrogen and oxygen atoms in total. The van der Waals surface area contributed by atoms with Crippen molar-refractivity contribution in [2.24, 2.45) is 15.9 Å². The minimum Gasteiger partial charge on any atom is -0.461 e. The molecule has 0 bridgehead atoms. The van der Waals surface area contributed by atoms with E-state index in [9.17, 15) is 4.79 Å². The first-order valence-electron chi connectivity index (χ1n) is 18.0. The number of aliphatic imine (C=N–C) groups is 2. The molecule has 5 atom stereocenters. The number of carbonyl (C=O) groups is 1. The predicted molar refractivity (Wildman–Crippen MR) is 195 cm³/mol. The molecule has 4 aliphatic heterocycles. The standard InChI is InChI=1S/C42H46N4O2/c1-3-45-23-19-34-36-25-31(14-16-39(36)46(4-2)40(34)27-45)32-24-33-12-8-9-20-42(33)37(26-32)35-18-22-43-21-17-30(13-15-38(35)44-42)41(47)48-28-29-10-6-5-7-11-29/h5-12,14,16,18,20-22,24-25,30,32,34,40H,3-4,13,15,17,19,23,26-28H2,1-2H3/b22-18-,43-21+. The van der Waals surface area contributed by atoms with Crippen molar-refractivity contribution in [3.05, 3.63) is 125 Å². The molecule has 6 aliphatic rings. The van der Waals surface area contributed by atoms with Crippen LogP contribution in [0.1, 0.15) is 74.5 Å². The van der Waals surface area contributed by atoms with Crippen molar-refractivity contribution in [3.8, 4) is 0 Å². The van der Waals surface area contributed by atoms with Gasteiger partial charge < -0.3 is 14.5 Å². The second-order valence-corrected chi connectivity index (χ2v) is 14.0. The maximum absolute atomic E-state index is 13.3. The Balaban J connectivity index is 1.08. The number of hydrogen-bond acceptors (Lipinski definition) is 6. The van der Waals surface area contributed by atoms with E-state index < -0.39 is 5.54 Å². The minimum absolute atomic E-state index is 0.166. The van der Waals surface area contributed by atoms with Gasteiger partial charge in [-0.3, -0.25) is 14.8 Å². The lowest BCUT2D eigenvalue weighted by Gasteiger charge is -2.38. The largest absolute Gasteiger partial charge is 0.461 e. The van der Waals surface area contributed by atoms with E-state index in [1.165, 1.54) is 40.9 Å². The molecule has 0 amide bonds. The summed E-state index contributed by atoms with van der Waals surface area (Å²) in [4.78, 5) is 28.6. The van der Waals surface area contributed by atoms with Crippen LogP contribution in [0.4, 0.5) is 5.69 Å². The normalized spacial score (nSPS) is 30.3. The summed E-state index contributed by atoms with van der Waals surface area (Å²) in [6.45, 7) is 9.40. The smallest absolute Gasteiger partial charge is 0.309 e. The second-order valence-electron chi connectivity index (χ2n) is 14.0. The summed E-state index contributed by atoms with van der Waals surface area (Å²) in [7, 11) is 0. The highest BCUT2D eigenvalue weighted by Crippen LogP contribution is 2.52. The van der Waals surface area contributed by atoms with Gasteiger partial charge in [0.2, 0.25) is 0 Å². The van der Waals surface area contributed by atoms with Gasteiger partial charge in [-0.1, -0.05) is 73.7 Å². The van der Waals surface area contributed by atoms with Crippen LogP contribution in [0.5, 0.6) is 0 Å². The average molecular weight is 639 g/mol. The number of allylic oxidation sites excluding steroid dienone is 5. The van der Waals surface area contributed by atoms with E-state index in [0.29, 0.717) is 24.8 Å². The third-order valence-corrected chi connectivity index (χ3v) is 11.5. The van der Waals surface area contributed by atoms with Crippen LogP contribution in [0, 0.1) is 5.92 Å². The number of hydrogen-bond donors (Lipinski definition) is 0. The van der Waals surface area contributed by atoms with Crippen molar-refractivity contribution >= 4 is 23.6 Å². The minimum atomic E-state index is -0.477. The number of likely N-dealkylation sites (N-methyl/N-ethyl adjacent to an activating group) is 2. The van der Waals surface area contributed by atoms with E-state index in [-0.39, 0.29) is 24.4 Å². The number of nitrogens with zero attached hydrogens (tertiary/aromatic N) is 4. The lowest BCUT2D eigenvalue weighted by Crippen LogP contribution is -2.48. The Kier molecular flexibility index (Phi) is 8.37. The fraction of sp³-hybridized carbons (Fsp3) is 0.405. The summed E-state index contributed by atoms with van der Waals surface area (Å²) in [5.41, 5.74) is 9.76. The fourth-order valence-corrected chi connectivity index (χ4v) is 8.98. The Hall–Kier alpha value is -4.29. The molecule has 1 spiro atoms. The number of fused-ring (bicyclic) bond motifs is 4. The van der Waals surface area contributed by atoms with Gasteiger partial charge in [0.1, 0.15) is 12.1 Å². The van der Waals surface area contributed by atoms with Gasteiger partial charge in [0.15, 0.2) is 0 Å². The summed E-state index contributed by atoms with van der Waals surface area (Å²) in [5.74, 6) is 0.444. The van der Waals surface area contributed by atoms with Crippen LogP contribution >= 0.6 is 0 Å². The number of piperidine rings is 1. The molecule has 0 saturated carbocycles. The Bertz CT molecular complexity index is 1800. The first-order chi connectivity index (χ1) is 23.6. The van der Waals surface area contributed by atoms with Crippen LogP contribution < -0.4 is 4.90 Å².